The topological polar surface area (TPSA) is 303 Å². The van der Waals surface area contributed by atoms with Gasteiger partial charge in [0.25, 0.3) is 11.5 Å². The molecule has 23 heteroatoms. The lowest BCUT2D eigenvalue weighted by Gasteiger charge is -2.21. The second kappa shape index (κ2) is 23.3. The smallest absolute Gasteiger partial charge is 0.414 e. The maximum Gasteiger partial charge on any atom is 0.414 e. The van der Waals surface area contributed by atoms with E-state index in [2.05, 4.69) is 57.3 Å². The zero-order valence-corrected chi connectivity index (χ0v) is 42.4. The number of ether oxygens (including phenoxy) is 1. The number of rotatable bonds is 3. The number of H-pyrrole nitrogens is 1. The molecular weight excluding hydrogens is 865 g/mol. The van der Waals surface area contributed by atoms with Gasteiger partial charge in [-0.2, -0.15) is 10.3 Å². The van der Waals surface area contributed by atoms with Crippen molar-refractivity contribution in [3.8, 4) is 0 Å². The number of cyclic esters (lactones) is 1. The molecule has 63 heavy (non-hydrogen) atoms. The van der Waals surface area contributed by atoms with Gasteiger partial charge in [0.15, 0.2) is 6.10 Å². The fourth-order valence-corrected chi connectivity index (χ4v) is 5.17. The van der Waals surface area contributed by atoms with Gasteiger partial charge in [-0.15, -0.1) is 0 Å². The zero-order valence-electron chi connectivity index (χ0n) is 40.8. The highest BCUT2D eigenvalue weighted by molar-refractivity contribution is 7.89. The minimum Gasteiger partial charge on any atom is -0.435 e. The zero-order chi connectivity index (χ0) is 50.4. The average molecular weight is 939 g/mol. The summed E-state index contributed by atoms with van der Waals surface area (Å²) in [6.45, 7) is 35.4. The molecule has 0 radical (unpaired) electrons. The maximum atomic E-state index is 11.0. The van der Waals surface area contributed by atoms with Crippen LogP contribution < -0.4 is 31.3 Å². The first-order chi connectivity index (χ1) is 27.7. The second-order valence-corrected chi connectivity index (χ2v) is 24.7. The van der Waals surface area contributed by atoms with Crippen molar-refractivity contribution >= 4 is 61.3 Å². The van der Waals surface area contributed by atoms with Crippen molar-refractivity contribution in [2.24, 2.45) is 37.3 Å². The van der Waals surface area contributed by atoms with Gasteiger partial charge in [0.2, 0.25) is 31.9 Å². The summed E-state index contributed by atoms with van der Waals surface area (Å²) >= 11 is 0. The SMILES string of the molecule is CC(C)(C)C(=O)NS(C)(=O)=O.CC(C)(C)C1=NNNC1.CC(C)(C)C1=NOC(=O)C1.CC(C)(C)C1OC(=O)NC1=O.CC(C)(C)CC(=O)NS(C)(=O)=O.CC(C)(C)c1cc(=O)[nH]o1. The van der Waals surface area contributed by atoms with E-state index in [1.807, 2.05) is 92.5 Å². The minimum atomic E-state index is -3.41. The molecular formula is C40H74N8O13S2. The van der Waals surface area contributed by atoms with E-state index < -0.39 is 49.5 Å². The van der Waals surface area contributed by atoms with Crippen LogP contribution in [-0.4, -0.2) is 88.4 Å². The molecule has 3 aliphatic rings. The number of nitrogens with one attached hydrogen (secondary N) is 6. The van der Waals surface area contributed by atoms with Gasteiger partial charge in [-0.05, 0) is 5.41 Å². The molecule has 0 spiro atoms. The molecule has 1 aromatic heterocycles. The first-order valence-electron chi connectivity index (χ1n) is 19.8. The number of sulfonamides is 2. The Labute approximate surface area is 373 Å². The van der Waals surface area contributed by atoms with Gasteiger partial charge in [0, 0.05) is 39.6 Å². The largest absolute Gasteiger partial charge is 0.435 e. The molecule has 4 rings (SSSR count). The van der Waals surface area contributed by atoms with Crippen LogP contribution in [-0.2, 0) is 54.2 Å². The van der Waals surface area contributed by atoms with Crippen LogP contribution >= 0.6 is 0 Å². The Morgan fingerprint density at radius 2 is 1.24 bits per heavy atom. The fraction of sp³-hybridized carbons (Fsp3) is 0.750. The first-order valence-corrected chi connectivity index (χ1v) is 23.6. The van der Waals surface area contributed by atoms with Gasteiger partial charge in [-0.25, -0.2) is 37.4 Å². The van der Waals surface area contributed by atoms with E-state index in [1.165, 1.54) is 11.8 Å². The molecule has 364 valence electrons. The number of hydrazine groups is 1. The molecule has 0 bridgehead atoms. The van der Waals surface area contributed by atoms with Gasteiger partial charge in [-0.3, -0.25) is 33.9 Å². The Hall–Kier alpha value is -4.64. The predicted octanol–water partition coefficient (Wildman–Crippen LogP) is 4.37. The lowest BCUT2D eigenvalue weighted by molar-refractivity contribution is -0.140. The number of oxime groups is 1. The molecule has 1 aromatic rings. The van der Waals surface area contributed by atoms with E-state index >= 15 is 0 Å². The molecule has 1 atom stereocenters. The molecule has 1 fully saturated rings. The van der Waals surface area contributed by atoms with E-state index in [1.54, 1.807) is 20.8 Å². The van der Waals surface area contributed by atoms with Crippen molar-refractivity contribution in [2.75, 3.05) is 19.1 Å². The summed E-state index contributed by atoms with van der Waals surface area (Å²) in [5, 5.41) is 12.0. The van der Waals surface area contributed by atoms with Crippen molar-refractivity contribution in [3.63, 3.8) is 0 Å². The monoisotopic (exact) mass is 938 g/mol. The summed E-state index contributed by atoms with van der Waals surface area (Å²) in [7, 11) is -6.80. The summed E-state index contributed by atoms with van der Waals surface area (Å²) in [6, 6.07) is 1.47. The summed E-state index contributed by atoms with van der Waals surface area (Å²) in [5.74, 6) is -0.838. The Morgan fingerprint density at radius 3 is 1.43 bits per heavy atom. The second-order valence-electron chi connectivity index (χ2n) is 21.2. The van der Waals surface area contributed by atoms with Crippen molar-refractivity contribution < 1.29 is 54.9 Å². The highest BCUT2D eigenvalue weighted by Gasteiger charge is 2.41. The molecule has 21 nitrogen and oxygen atoms in total. The average Bonchev–Trinajstić information content (AvgIpc) is 3.83. The number of imide groups is 1. The molecule has 1 unspecified atom stereocenters. The van der Waals surface area contributed by atoms with Gasteiger partial charge < -0.3 is 14.1 Å². The minimum absolute atomic E-state index is 0.0356. The van der Waals surface area contributed by atoms with Crippen molar-refractivity contribution in [1.29, 1.82) is 0 Å². The quantitative estimate of drug-likeness (QED) is 0.229. The number of hydrogen-bond donors (Lipinski definition) is 6. The third kappa shape index (κ3) is 29.4. The number of hydrazone groups is 1. The van der Waals surface area contributed by atoms with Crippen molar-refractivity contribution in [3.05, 3.63) is 22.2 Å². The van der Waals surface area contributed by atoms with E-state index in [-0.39, 0.29) is 50.9 Å². The normalized spacial score (nSPS) is 16.6. The fourth-order valence-electron chi connectivity index (χ4n) is 4.04. The number of amides is 4. The van der Waals surface area contributed by atoms with Crippen molar-refractivity contribution in [2.45, 2.75) is 149 Å². The number of carbonyl (C=O) groups is 5. The Balaban J connectivity index is 0. The number of carbonyl (C=O) groups excluding carboxylic acids is 5. The van der Waals surface area contributed by atoms with Gasteiger partial charge in [0.05, 0.1) is 36.9 Å². The highest BCUT2D eigenvalue weighted by Crippen LogP contribution is 2.25. The molecule has 3 aliphatic heterocycles. The molecule has 0 aromatic carbocycles. The third-order valence-electron chi connectivity index (χ3n) is 7.51. The lowest BCUT2D eigenvalue weighted by atomic mass is 9.88. The van der Waals surface area contributed by atoms with Crippen LogP contribution in [0.2, 0.25) is 0 Å². The van der Waals surface area contributed by atoms with E-state index in [4.69, 9.17) is 9.26 Å². The number of aromatic amines is 1. The molecule has 6 N–H and O–H groups in total. The van der Waals surface area contributed by atoms with Gasteiger partial charge >= 0.3 is 12.1 Å². The number of aromatic nitrogens is 1. The Bertz CT molecular complexity index is 2060. The van der Waals surface area contributed by atoms with Crippen LogP contribution in [0.1, 0.15) is 143 Å². The number of alkyl carbamates (subject to hydrolysis) is 1. The van der Waals surface area contributed by atoms with Crippen LogP contribution in [0.25, 0.3) is 0 Å². The molecule has 4 heterocycles. The van der Waals surface area contributed by atoms with Gasteiger partial charge in [0.1, 0.15) is 5.76 Å². The van der Waals surface area contributed by atoms with E-state index in [9.17, 15) is 45.6 Å². The van der Waals surface area contributed by atoms with Crippen LogP contribution in [0, 0.1) is 27.1 Å². The molecule has 0 aliphatic carbocycles. The van der Waals surface area contributed by atoms with E-state index in [0.717, 1.165) is 24.8 Å². The van der Waals surface area contributed by atoms with Crippen LogP contribution in [0.4, 0.5) is 4.79 Å². The molecule has 1 saturated heterocycles. The summed E-state index contributed by atoms with van der Waals surface area (Å²) < 4.78 is 55.7. The van der Waals surface area contributed by atoms with Crippen molar-refractivity contribution in [1.82, 2.24) is 30.9 Å². The Morgan fingerprint density at radius 1 is 0.746 bits per heavy atom. The predicted molar refractivity (Wildman–Crippen MR) is 241 cm³/mol. The summed E-state index contributed by atoms with van der Waals surface area (Å²) in [5.41, 5.74) is 6.39. The number of nitrogens with zero attached hydrogens (tertiary/aromatic N) is 2. The summed E-state index contributed by atoms with van der Waals surface area (Å²) in [6.07, 6.45) is 1.19. The third-order valence-corrected chi connectivity index (χ3v) is 8.67. The highest BCUT2D eigenvalue weighted by atomic mass is 32.2. The van der Waals surface area contributed by atoms with Crippen LogP contribution in [0.15, 0.2) is 25.6 Å². The van der Waals surface area contributed by atoms with Gasteiger partial charge in [-0.1, -0.05) is 130 Å². The van der Waals surface area contributed by atoms with Crippen LogP contribution in [0.3, 0.4) is 0 Å². The Kier molecular flexibility index (Phi) is 22.4. The molecule has 4 amide bonds. The lowest BCUT2D eigenvalue weighted by Crippen LogP contribution is -2.38. The molecule has 0 saturated carbocycles. The maximum absolute atomic E-state index is 11.0. The van der Waals surface area contributed by atoms with Crippen LogP contribution in [0.5, 0.6) is 0 Å². The summed E-state index contributed by atoms with van der Waals surface area (Å²) in [4.78, 5) is 69.1. The van der Waals surface area contributed by atoms with E-state index in [0.29, 0.717) is 12.2 Å². The number of hydrogen-bond acceptors (Lipinski definition) is 17. The first kappa shape index (κ1) is 60.4. The standard InChI is InChI=1S/C7H15NO3S.C7H11NO3.2C7H11NO2.C6H13N3.C6H13NO3S/c1-7(2,3)5-6(9)8-12(4,10)11;1-7(2,3)4-5(9)8-6(10)11-4;1-7(2,3)5-4-6(9)8-10-5;1-7(2,3)5-4-6(9)10-8-5;1-6(2,3)5-4-7-9-8-5;1-6(2,3)5(8)7-11(4,9)10/h5H2,1-4H3,(H,8,9);4H,1-3H3,(H,8,9,10);4H,1-3H3,(H,8,9);4H2,1-3H3;7,9H,4H2,1-3H3;1-4H3,(H,7,8).